The van der Waals surface area contributed by atoms with Gasteiger partial charge < -0.3 is 20.1 Å². The molecule has 1 aromatic rings. The minimum Gasteiger partial charge on any atom is -0.396 e. The molecular formula is C12H18N2O6. The first-order valence-corrected chi connectivity index (χ1v) is 6.34. The molecule has 1 saturated heterocycles. The summed E-state index contributed by atoms with van der Waals surface area (Å²) in [4.78, 5) is 25.5. The Hall–Kier alpha value is -1.48. The van der Waals surface area contributed by atoms with Gasteiger partial charge in [-0.05, 0) is 6.92 Å². The average molecular weight is 286 g/mol. The van der Waals surface area contributed by atoms with Crippen molar-refractivity contribution in [3.63, 3.8) is 0 Å². The maximum atomic E-state index is 12.0. The number of rotatable bonds is 4. The summed E-state index contributed by atoms with van der Waals surface area (Å²) >= 11 is 0. The number of aliphatic hydroxyl groups excluding tert-OH is 3. The van der Waals surface area contributed by atoms with E-state index in [-0.39, 0.29) is 19.4 Å². The normalized spacial score (nSPS) is 29.8. The molecule has 0 radical (unpaired) electrons. The van der Waals surface area contributed by atoms with Crippen molar-refractivity contribution in [1.29, 1.82) is 0 Å². The van der Waals surface area contributed by atoms with Crippen molar-refractivity contribution in [2.24, 2.45) is 0 Å². The molecule has 20 heavy (non-hydrogen) atoms. The van der Waals surface area contributed by atoms with Gasteiger partial charge in [0.25, 0.3) is 5.56 Å². The Morgan fingerprint density at radius 1 is 1.50 bits per heavy atom. The number of hydrogen-bond acceptors (Lipinski definition) is 6. The van der Waals surface area contributed by atoms with Crippen molar-refractivity contribution < 1.29 is 20.1 Å². The number of hydrogen-bond donors (Lipinski definition) is 4. The van der Waals surface area contributed by atoms with Gasteiger partial charge in [0, 0.05) is 31.2 Å². The average Bonchev–Trinajstić information content (AvgIpc) is 2.71. The van der Waals surface area contributed by atoms with E-state index >= 15 is 0 Å². The van der Waals surface area contributed by atoms with Crippen LogP contribution in [0.5, 0.6) is 0 Å². The summed E-state index contributed by atoms with van der Waals surface area (Å²) in [6.07, 6.45) is -0.342. The molecule has 2 heterocycles. The number of H-pyrrole nitrogens is 1. The van der Waals surface area contributed by atoms with E-state index in [4.69, 9.17) is 9.84 Å². The van der Waals surface area contributed by atoms with Gasteiger partial charge >= 0.3 is 5.69 Å². The summed E-state index contributed by atoms with van der Waals surface area (Å²) in [5.74, 6) is 0. The Bertz CT molecular complexity index is 594. The third-order valence-electron chi connectivity index (χ3n) is 3.57. The molecule has 2 rings (SSSR count). The van der Waals surface area contributed by atoms with E-state index in [9.17, 15) is 19.8 Å². The molecule has 1 fully saturated rings. The lowest BCUT2D eigenvalue weighted by Gasteiger charge is -2.30. The van der Waals surface area contributed by atoms with Crippen LogP contribution in [0.1, 0.15) is 18.4 Å². The van der Waals surface area contributed by atoms with E-state index in [1.54, 1.807) is 0 Å². The molecule has 0 saturated carbocycles. The molecule has 0 aliphatic carbocycles. The minimum absolute atomic E-state index is 0.0458. The van der Waals surface area contributed by atoms with E-state index < -0.39 is 35.8 Å². The first-order valence-electron chi connectivity index (χ1n) is 6.34. The first kappa shape index (κ1) is 14.9. The van der Waals surface area contributed by atoms with Gasteiger partial charge in [-0.15, -0.1) is 0 Å². The molecule has 1 aliphatic heterocycles. The lowest BCUT2D eigenvalue weighted by atomic mass is 10.0. The summed E-state index contributed by atoms with van der Waals surface area (Å²) in [6.45, 7) is 0.872. The zero-order valence-corrected chi connectivity index (χ0v) is 11.1. The van der Waals surface area contributed by atoms with Crippen molar-refractivity contribution in [3.05, 3.63) is 32.6 Å². The van der Waals surface area contributed by atoms with Gasteiger partial charge in [0.1, 0.15) is 6.10 Å². The third-order valence-corrected chi connectivity index (χ3v) is 3.57. The van der Waals surface area contributed by atoms with E-state index in [0.717, 1.165) is 0 Å². The predicted molar refractivity (Wildman–Crippen MR) is 68.3 cm³/mol. The first-order chi connectivity index (χ1) is 9.43. The SMILES string of the molecule is Cc1cn([C@@]2(CCO)C[C@H](O)[C@@H](CO)O2)c(=O)[nH]c1=O. The third kappa shape index (κ3) is 2.42. The van der Waals surface area contributed by atoms with Crippen LogP contribution >= 0.6 is 0 Å². The largest absolute Gasteiger partial charge is 0.396 e. The zero-order valence-electron chi connectivity index (χ0n) is 11.1. The van der Waals surface area contributed by atoms with Crippen LogP contribution in [-0.2, 0) is 10.5 Å². The zero-order chi connectivity index (χ0) is 14.9. The number of aliphatic hydroxyl groups is 3. The molecule has 0 amide bonds. The Morgan fingerprint density at radius 3 is 2.75 bits per heavy atom. The van der Waals surface area contributed by atoms with Gasteiger partial charge in [-0.25, -0.2) is 4.79 Å². The van der Waals surface area contributed by atoms with Crippen LogP contribution in [0, 0.1) is 6.92 Å². The molecule has 0 bridgehead atoms. The lowest BCUT2D eigenvalue weighted by molar-refractivity contribution is -0.129. The number of aryl methyl sites for hydroxylation is 1. The van der Waals surface area contributed by atoms with Crippen molar-refractivity contribution >= 4 is 0 Å². The fourth-order valence-corrected chi connectivity index (χ4v) is 2.51. The van der Waals surface area contributed by atoms with Gasteiger partial charge in [0.15, 0.2) is 5.72 Å². The van der Waals surface area contributed by atoms with Crippen LogP contribution < -0.4 is 11.2 Å². The van der Waals surface area contributed by atoms with Crippen molar-refractivity contribution in [1.82, 2.24) is 9.55 Å². The molecule has 112 valence electrons. The molecule has 0 aromatic carbocycles. The standard InChI is InChI=1S/C12H18N2O6/c1-7-5-14(11(19)13-10(7)18)12(2-3-15)4-8(17)9(6-16)20-12/h5,8-9,15-17H,2-4,6H2,1H3,(H,13,18,19)/t8-,9+,12+/m0/s1. The highest BCUT2D eigenvalue weighted by Crippen LogP contribution is 2.36. The highest BCUT2D eigenvalue weighted by atomic mass is 16.6. The van der Waals surface area contributed by atoms with E-state index in [0.29, 0.717) is 5.56 Å². The lowest BCUT2D eigenvalue weighted by Crippen LogP contribution is -2.45. The van der Waals surface area contributed by atoms with Crippen LogP contribution in [0.3, 0.4) is 0 Å². The number of aromatic nitrogens is 2. The Balaban J connectivity index is 2.52. The second kappa shape index (κ2) is 5.49. The van der Waals surface area contributed by atoms with Crippen molar-refractivity contribution in [2.75, 3.05) is 13.2 Å². The molecule has 3 atom stereocenters. The fourth-order valence-electron chi connectivity index (χ4n) is 2.51. The second-order valence-electron chi connectivity index (χ2n) is 4.97. The van der Waals surface area contributed by atoms with Crippen molar-refractivity contribution in [2.45, 2.75) is 37.7 Å². The van der Waals surface area contributed by atoms with Crippen LogP contribution in [0.4, 0.5) is 0 Å². The fraction of sp³-hybridized carbons (Fsp3) is 0.667. The summed E-state index contributed by atoms with van der Waals surface area (Å²) in [5.41, 5.74) is -2.14. The second-order valence-corrected chi connectivity index (χ2v) is 4.97. The van der Waals surface area contributed by atoms with Crippen molar-refractivity contribution in [3.8, 4) is 0 Å². The van der Waals surface area contributed by atoms with E-state index in [2.05, 4.69) is 4.98 Å². The van der Waals surface area contributed by atoms with E-state index in [1.807, 2.05) is 0 Å². The Labute approximate surface area is 114 Å². The summed E-state index contributed by atoms with van der Waals surface area (Å²) in [6, 6.07) is 0. The van der Waals surface area contributed by atoms with E-state index in [1.165, 1.54) is 17.7 Å². The maximum absolute atomic E-state index is 12.0. The van der Waals surface area contributed by atoms with Crippen LogP contribution in [0.25, 0.3) is 0 Å². The molecule has 0 spiro atoms. The summed E-state index contributed by atoms with van der Waals surface area (Å²) < 4.78 is 6.76. The molecule has 8 nitrogen and oxygen atoms in total. The molecular weight excluding hydrogens is 268 g/mol. The number of nitrogens with one attached hydrogen (secondary N) is 1. The van der Waals surface area contributed by atoms with Gasteiger partial charge in [0.2, 0.25) is 0 Å². The maximum Gasteiger partial charge on any atom is 0.330 e. The highest BCUT2D eigenvalue weighted by molar-refractivity contribution is 5.04. The number of ether oxygens (including phenoxy) is 1. The monoisotopic (exact) mass is 286 g/mol. The number of aromatic amines is 1. The molecule has 4 N–H and O–H groups in total. The summed E-state index contributed by atoms with van der Waals surface area (Å²) in [7, 11) is 0. The van der Waals surface area contributed by atoms with Crippen LogP contribution in [-0.4, -0.2) is 50.3 Å². The summed E-state index contributed by atoms with van der Waals surface area (Å²) in [5, 5.41) is 28.2. The molecule has 8 heteroatoms. The van der Waals surface area contributed by atoms with Crippen LogP contribution in [0.2, 0.25) is 0 Å². The van der Waals surface area contributed by atoms with Gasteiger partial charge in [-0.2, -0.15) is 0 Å². The predicted octanol–water partition coefficient (Wildman–Crippen LogP) is -1.98. The molecule has 1 aromatic heterocycles. The van der Waals surface area contributed by atoms with Gasteiger partial charge in [-0.3, -0.25) is 14.3 Å². The quantitative estimate of drug-likeness (QED) is 0.508. The molecule has 1 aliphatic rings. The number of nitrogens with zero attached hydrogens (tertiary/aromatic N) is 1. The van der Waals surface area contributed by atoms with Gasteiger partial charge in [-0.1, -0.05) is 0 Å². The van der Waals surface area contributed by atoms with Gasteiger partial charge in [0.05, 0.1) is 12.7 Å². The Morgan fingerprint density at radius 2 is 2.20 bits per heavy atom. The molecule has 0 unspecified atom stereocenters. The highest BCUT2D eigenvalue weighted by Gasteiger charge is 2.47. The topological polar surface area (TPSA) is 125 Å². The smallest absolute Gasteiger partial charge is 0.330 e. The minimum atomic E-state index is -1.27. The van der Waals surface area contributed by atoms with Crippen LogP contribution in [0.15, 0.2) is 15.8 Å². The Kier molecular flexibility index (Phi) is 4.09.